The van der Waals surface area contributed by atoms with Gasteiger partial charge in [0.2, 0.25) is 11.0 Å². The van der Waals surface area contributed by atoms with E-state index in [1.54, 1.807) is 11.8 Å². The number of nitrogens with zero attached hydrogens (tertiary/aromatic N) is 2. The molecule has 1 aliphatic rings. The average Bonchev–Trinajstić information content (AvgIpc) is 3.14. The van der Waals surface area contributed by atoms with Crippen LogP contribution in [-0.4, -0.2) is 22.7 Å². The molecule has 2 heterocycles. The number of para-hydroxylation sites is 1. The number of hydrogen-bond donors (Lipinski definition) is 1. The summed E-state index contributed by atoms with van der Waals surface area (Å²) < 4.78 is 6.53. The van der Waals surface area contributed by atoms with E-state index in [0.717, 1.165) is 21.4 Å². The lowest BCUT2D eigenvalue weighted by Gasteiger charge is -2.23. The molecule has 0 saturated heterocycles. The minimum atomic E-state index is -0.214. The number of fused-ring (bicyclic) bond motifs is 1. The van der Waals surface area contributed by atoms with Crippen LogP contribution < -0.4 is 10.1 Å². The lowest BCUT2D eigenvalue weighted by molar-refractivity contribution is -0.121. The van der Waals surface area contributed by atoms with E-state index in [1.807, 2.05) is 42.5 Å². The summed E-state index contributed by atoms with van der Waals surface area (Å²) >= 11 is 3.01. The van der Waals surface area contributed by atoms with Crippen LogP contribution in [0.15, 0.2) is 58.9 Å². The van der Waals surface area contributed by atoms with Gasteiger partial charge in [-0.3, -0.25) is 4.79 Å². The van der Waals surface area contributed by atoms with Crippen LogP contribution in [0, 0.1) is 5.92 Å². The number of benzene rings is 2. The number of anilines is 1. The van der Waals surface area contributed by atoms with E-state index in [4.69, 9.17) is 4.74 Å². The number of ether oxygens (including phenoxy) is 1. The maximum Gasteiger partial charge on any atom is 0.233 e. The summed E-state index contributed by atoms with van der Waals surface area (Å²) in [6, 6.07) is 18.0. The van der Waals surface area contributed by atoms with Gasteiger partial charge in [-0.25, -0.2) is 0 Å². The van der Waals surface area contributed by atoms with Gasteiger partial charge in [-0.2, -0.15) is 0 Å². The van der Waals surface area contributed by atoms with Crippen molar-refractivity contribution in [1.29, 1.82) is 0 Å². The van der Waals surface area contributed by atoms with E-state index in [2.05, 4.69) is 27.6 Å². The van der Waals surface area contributed by atoms with Gasteiger partial charge >= 0.3 is 0 Å². The topological polar surface area (TPSA) is 64.1 Å². The average molecular weight is 383 g/mol. The Morgan fingerprint density at radius 2 is 1.96 bits per heavy atom. The normalized spacial score (nSPS) is 15.8. The zero-order chi connectivity index (χ0) is 17.8. The van der Waals surface area contributed by atoms with Crippen LogP contribution in [0.4, 0.5) is 5.13 Å². The van der Waals surface area contributed by atoms with Crippen LogP contribution in [0.3, 0.4) is 0 Å². The molecule has 1 aliphatic heterocycles. The predicted molar refractivity (Wildman–Crippen MR) is 104 cm³/mol. The van der Waals surface area contributed by atoms with Crippen molar-refractivity contribution in [2.24, 2.45) is 5.92 Å². The second-order valence-corrected chi connectivity index (χ2v) is 8.16. The molecule has 1 N–H and O–H groups in total. The molecule has 0 fully saturated rings. The predicted octanol–water partition coefficient (Wildman–Crippen LogP) is 4.02. The molecule has 0 radical (unpaired) electrons. The molecule has 0 aliphatic carbocycles. The van der Waals surface area contributed by atoms with Gasteiger partial charge in [0.15, 0.2) is 4.34 Å². The zero-order valence-electron chi connectivity index (χ0n) is 13.9. The number of amides is 1. The zero-order valence-corrected chi connectivity index (χ0v) is 15.6. The minimum Gasteiger partial charge on any atom is -0.492 e. The molecule has 0 unspecified atom stereocenters. The second-order valence-electron chi connectivity index (χ2n) is 5.96. The highest BCUT2D eigenvalue weighted by molar-refractivity contribution is 8.00. The molecule has 0 saturated carbocycles. The molecule has 132 valence electrons. The van der Waals surface area contributed by atoms with Gasteiger partial charge in [-0.1, -0.05) is 71.6 Å². The first-order valence-electron chi connectivity index (χ1n) is 8.30. The van der Waals surface area contributed by atoms with Gasteiger partial charge in [0.05, 0.1) is 5.92 Å². The third-order valence-electron chi connectivity index (χ3n) is 4.09. The monoisotopic (exact) mass is 383 g/mol. The third-order valence-corrected chi connectivity index (χ3v) is 6.13. The molecule has 4 rings (SSSR count). The van der Waals surface area contributed by atoms with E-state index >= 15 is 0 Å². The molecule has 1 atom stereocenters. The molecule has 0 spiro atoms. The minimum absolute atomic E-state index is 0.0738. The summed E-state index contributed by atoms with van der Waals surface area (Å²) in [5.74, 6) is 1.41. The number of carbonyl (C=O) groups is 1. The summed E-state index contributed by atoms with van der Waals surface area (Å²) in [6.07, 6.45) is 0.677. The first-order chi connectivity index (χ1) is 12.8. The molecule has 3 aromatic rings. The molecule has 1 aromatic heterocycles. The number of hydrogen-bond acceptors (Lipinski definition) is 6. The molecular formula is C19H17N3O2S2. The second kappa shape index (κ2) is 7.88. The van der Waals surface area contributed by atoms with Crippen molar-refractivity contribution in [3.8, 4) is 5.75 Å². The van der Waals surface area contributed by atoms with Gasteiger partial charge in [-0.15, -0.1) is 10.2 Å². The summed E-state index contributed by atoms with van der Waals surface area (Å²) in [6.45, 7) is 0.386. The molecule has 1 amide bonds. The van der Waals surface area contributed by atoms with E-state index in [-0.39, 0.29) is 11.8 Å². The molecule has 26 heavy (non-hydrogen) atoms. The highest BCUT2D eigenvalue weighted by atomic mass is 32.2. The summed E-state index contributed by atoms with van der Waals surface area (Å²) in [5.41, 5.74) is 2.30. The lowest BCUT2D eigenvalue weighted by atomic mass is 9.96. The van der Waals surface area contributed by atoms with Crippen LogP contribution in [0.1, 0.15) is 11.1 Å². The van der Waals surface area contributed by atoms with Crippen molar-refractivity contribution < 1.29 is 9.53 Å². The van der Waals surface area contributed by atoms with Crippen molar-refractivity contribution >= 4 is 34.1 Å². The van der Waals surface area contributed by atoms with Crippen LogP contribution in [0.25, 0.3) is 0 Å². The van der Waals surface area contributed by atoms with Gasteiger partial charge in [-0.05, 0) is 23.6 Å². The van der Waals surface area contributed by atoms with Crippen molar-refractivity contribution in [3.05, 3.63) is 65.7 Å². The number of aromatic nitrogens is 2. The quantitative estimate of drug-likeness (QED) is 0.532. The fraction of sp³-hybridized carbons (Fsp3) is 0.211. The van der Waals surface area contributed by atoms with Gasteiger partial charge in [0.1, 0.15) is 12.4 Å². The summed E-state index contributed by atoms with van der Waals surface area (Å²) in [5, 5.41) is 11.6. The van der Waals surface area contributed by atoms with Crippen LogP contribution in [0.2, 0.25) is 0 Å². The summed E-state index contributed by atoms with van der Waals surface area (Å²) in [4.78, 5) is 12.5. The van der Waals surface area contributed by atoms with Crippen LogP contribution in [-0.2, 0) is 17.0 Å². The Bertz CT molecular complexity index is 899. The molecule has 5 nitrogen and oxygen atoms in total. The Morgan fingerprint density at radius 3 is 2.85 bits per heavy atom. The molecule has 0 bridgehead atoms. The Morgan fingerprint density at radius 1 is 1.15 bits per heavy atom. The Kier molecular flexibility index (Phi) is 5.17. The van der Waals surface area contributed by atoms with Crippen molar-refractivity contribution in [2.75, 3.05) is 11.9 Å². The van der Waals surface area contributed by atoms with Crippen molar-refractivity contribution in [2.45, 2.75) is 16.5 Å². The fourth-order valence-electron chi connectivity index (χ4n) is 2.74. The van der Waals surface area contributed by atoms with E-state index in [9.17, 15) is 4.79 Å². The Labute approximate surface area is 159 Å². The highest BCUT2D eigenvalue weighted by Gasteiger charge is 2.26. The standard InChI is InChI=1S/C19H17N3O2S2/c23-17(15-10-14-8-4-5-9-16(14)24-11-15)20-18-21-22-19(26-18)25-12-13-6-2-1-3-7-13/h1-9,15H,10-12H2,(H,20,21,23)/t15-/m0/s1. The number of thioether (sulfide) groups is 1. The molecular weight excluding hydrogens is 366 g/mol. The van der Waals surface area contributed by atoms with Gasteiger partial charge in [0, 0.05) is 5.75 Å². The van der Waals surface area contributed by atoms with E-state index in [1.165, 1.54) is 16.9 Å². The van der Waals surface area contributed by atoms with Gasteiger partial charge in [0.25, 0.3) is 0 Å². The van der Waals surface area contributed by atoms with E-state index < -0.39 is 0 Å². The molecule has 7 heteroatoms. The highest BCUT2D eigenvalue weighted by Crippen LogP contribution is 2.30. The first-order valence-corrected chi connectivity index (χ1v) is 10.1. The Balaban J connectivity index is 1.33. The fourth-order valence-corrected chi connectivity index (χ4v) is 4.45. The molecule has 2 aromatic carbocycles. The number of carbonyl (C=O) groups excluding carboxylic acids is 1. The SMILES string of the molecule is O=C(Nc1nnc(SCc2ccccc2)s1)[C@@H]1COc2ccccc2C1. The Hall–Kier alpha value is -2.38. The third kappa shape index (κ3) is 4.05. The summed E-state index contributed by atoms with van der Waals surface area (Å²) in [7, 11) is 0. The smallest absolute Gasteiger partial charge is 0.233 e. The van der Waals surface area contributed by atoms with E-state index in [0.29, 0.717) is 18.2 Å². The first kappa shape index (κ1) is 17.1. The lowest BCUT2D eigenvalue weighted by Crippen LogP contribution is -2.32. The van der Waals surface area contributed by atoms with Gasteiger partial charge < -0.3 is 10.1 Å². The maximum atomic E-state index is 12.5. The largest absolute Gasteiger partial charge is 0.492 e. The number of rotatable bonds is 5. The number of nitrogens with one attached hydrogen (secondary N) is 1. The maximum absolute atomic E-state index is 12.5. The van der Waals surface area contributed by atoms with Crippen LogP contribution >= 0.6 is 23.1 Å². The van der Waals surface area contributed by atoms with Crippen molar-refractivity contribution in [3.63, 3.8) is 0 Å². The van der Waals surface area contributed by atoms with Crippen molar-refractivity contribution in [1.82, 2.24) is 10.2 Å². The van der Waals surface area contributed by atoms with Crippen LogP contribution in [0.5, 0.6) is 5.75 Å².